The number of carbonyl (C=O) groups excluding carboxylic acids is 1. The highest BCUT2D eigenvalue weighted by Gasteiger charge is 2.35. The summed E-state index contributed by atoms with van der Waals surface area (Å²) in [5.74, 6) is 0.0300. The minimum absolute atomic E-state index is 0.184. The highest BCUT2D eigenvalue weighted by atomic mass is 32.1. The number of thiophene rings is 1. The van der Waals surface area contributed by atoms with E-state index in [1.54, 1.807) is 13.0 Å². The molecule has 0 unspecified atom stereocenters. The summed E-state index contributed by atoms with van der Waals surface area (Å²) in [6, 6.07) is 7.85. The third-order valence-electron chi connectivity index (χ3n) is 5.42. The molecule has 1 aromatic carbocycles. The van der Waals surface area contributed by atoms with Crippen molar-refractivity contribution in [1.29, 1.82) is 0 Å². The molecule has 5 heteroatoms. The second-order valence-electron chi connectivity index (χ2n) is 7.13. The number of halogens is 1. The first-order chi connectivity index (χ1) is 12.1. The van der Waals surface area contributed by atoms with Gasteiger partial charge in [-0.15, -0.1) is 11.3 Å². The quantitative estimate of drug-likeness (QED) is 0.836. The van der Waals surface area contributed by atoms with E-state index in [1.807, 2.05) is 22.3 Å². The maximum Gasteiger partial charge on any atom is 0.223 e. The smallest absolute Gasteiger partial charge is 0.223 e. The lowest BCUT2D eigenvalue weighted by Gasteiger charge is -2.46. The molecule has 3 nitrogen and oxygen atoms in total. The molecule has 3 heterocycles. The van der Waals surface area contributed by atoms with Gasteiger partial charge >= 0.3 is 0 Å². The molecule has 0 bridgehead atoms. The summed E-state index contributed by atoms with van der Waals surface area (Å²) in [4.78, 5) is 18.4. The van der Waals surface area contributed by atoms with Gasteiger partial charge in [-0.1, -0.05) is 12.1 Å². The van der Waals surface area contributed by atoms with Crippen molar-refractivity contribution < 1.29 is 9.18 Å². The topological polar surface area (TPSA) is 23.6 Å². The van der Waals surface area contributed by atoms with Gasteiger partial charge in [0, 0.05) is 43.5 Å². The Morgan fingerprint density at radius 1 is 1.32 bits per heavy atom. The van der Waals surface area contributed by atoms with Crippen molar-refractivity contribution in [3.63, 3.8) is 0 Å². The van der Waals surface area contributed by atoms with Crippen LogP contribution in [0.25, 0.3) is 0 Å². The maximum absolute atomic E-state index is 13.3. The summed E-state index contributed by atoms with van der Waals surface area (Å²) in [6.45, 7) is 5.59. The summed E-state index contributed by atoms with van der Waals surface area (Å²) in [7, 11) is 0. The van der Waals surface area contributed by atoms with Crippen molar-refractivity contribution in [2.24, 2.45) is 0 Å². The van der Waals surface area contributed by atoms with Gasteiger partial charge in [0.15, 0.2) is 0 Å². The molecule has 0 atom stereocenters. The number of hydrogen-bond donors (Lipinski definition) is 0. The normalized spacial score (nSPS) is 18.1. The first-order valence-corrected chi connectivity index (χ1v) is 9.80. The van der Waals surface area contributed by atoms with Crippen LogP contribution in [0.2, 0.25) is 0 Å². The average Bonchev–Trinajstić information content (AvgIpc) is 3.02. The summed E-state index contributed by atoms with van der Waals surface area (Å²) in [5, 5.41) is 2.18. The van der Waals surface area contributed by atoms with Crippen LogP contribution in [0.1, 0.15) is 28.0 Å². The zero-order valence-corrected chi connectivity index (χ0v) is 15.3. The summed E-state index contributed by atoms with van der Waals surface area (Å²) in [5.41, 5.74) is 3.14. The predicted octanol–water partition coefficient (Wildman–Crippen LogP) is 3.40. The van der Waals surface area contributed by atoms with Crippen LogP contribution in [0, 0.1) is 12.7 Å². The number of amides is 1. The Labute approximate surface area is 152 Å². The molecule has 0 spiro atoms. The minimum Gasteiger partial charge on any atom is -0.339 e. The first kappa shape index (κ1) is 16.7. The molecule has 0 N–H and O–H groups in total. The maximum atomic E-state index is 13.3. The third kappa shape index (κ3) is 3.48. The fourth-order valence-electron chi connectivity index (χ4n) is 3.74. The van der Waals surface area contributed by atoms with Gasteiger partial charge in [-0.2, -0.15) is 0 Å². The van der Waals surface area contributed by atoms with E-state index in [1.165, 1.54) is 16.5 Å². The van der Waals surface area contributed by atoms with Crippen molar-refractivity contribution in [2.45, 2.75) is 38.8 Å². The van der Waals surface area contributed by atoms with Crippen LogP contribution in [-0.2, 0) is 24.2 Å². The van der Waals surface area contributed by atoms with E-state index in [0.717, 1.165) is 38.2 Å². The second kappa shape index (κ2) is 6.89. The van der Waals surface area contributed by atoms with E-state index in [4.69, 9.17) is 0 Å². The highest BCUT2D eigenvalue weighted by molar-refractivity contribution is 7.10. The lowest BCUT2D eigenvalue weighted by Crippen LogP contribution is -2.61. The molecule has 0 radical (unpaired) electrons. The van der Waals surface area contributed by atoms with Gasteiger partial charge in [0.1, 0.15) is 5.82 Å². The Morgan fingerprint density at radius 3 is 2.96 bits per heavy atom. The lowest BCUT2D eigenvalue weighted by molar-refractivity contribution is -0.138. The van der Waals surface area contributed by atoms with E-state index >= 15 is 0 Å². The Bertz CT molecular complexity index is 782. The lowest BCUT2D eigenvalue weighted by atomic mass is 10.0. The van der Waals surface area contributed by atoms with Crippen molar-refractivity contribution in [3.8, 4) is 0 Å². The molecule has 1 fully saturated rings. The van der Waals surface area contributed by atoms with E-state index in [9.17, 15) is 9.18 Å². The molecule has 2 aliphatic rings. The van der Waals surface area contributed by atoms with Gasteiger partial charge in [0.2, 0.25) is 5.91 Å². The van der Waals surface area contributed by atoms with Crippen LogP contribution in [0.5, 0.6) is 0 Å². The fraction of sp³-hybridized carbons (Fsp3) is 0.450. The second-order valence-corrected chi connectivity index (χ2v) is 8.13. The number of hydrogen-bond acceptors (Lipinski definition) is 3. The monoisotopic (exact) mass is 358 g/mol. The standard InChI is InChI=1S/C20H23FN2OS/c1-14-10-15(2-4-18(14)21)3-5-20(24)23-12-17(13-23)22-8-6-19-16(11-22)7-9-25-19/h2,4,7,9-10,17H,3,5-6,8,11-13H2,1H3. The number of carbonyl (C=O) groups is 1. The van der Waals surface area contributed by atoms with Gasteiger partial charge in [0.25, 0.3) is 0 Å². The molecule has 0 aliphatic carbocycles. The van der Waals surface area contributed by atoms with E-state index in [2.05, 4.69) is 16.3 Å². The van der Waals surface area contributed by atoms with Crippen LogP contribution >= 0.6 is 11.3 Å². The predicted molar refractivity (Wildman–Crippen MR) is 98.3 cm³/mol. The third-order valence-corrected chi connectivity index (χ3v) is 6.44. The molecule has 132 valence electrons. The number of fused-ring (bicyclic) bond motifs is 1. The molecular formula is C20H23FN2OS. The number of rotatable bonds is 4. The summed E-state index contributed by atoms with van der Waals surface area (Å²) >= 11 is 1.86. The van der Waals surface area contributed by atoms with Gasteiger partial charge < -0.3 is 4.90 Å². The van der Waals surface area contributed by atoms with Crippen LogP contribution < -0.4 is 0 Å². The first-order valence-electron chi connectivity index (χ1n) is 8.92. The Balaban J connectivity index is 1.25. The van der Waals surface area contributed by atoms with E-state index in [-0.39, 0.29) is 11.7 Å². The van der Waals surface area contributed by atoms with Gasteiger partial charge in [-0.25, -0.2) is 4.39 Å². The zero-order valence-electron chi connectivity index (χ0n) is 14.5. The van der Waals surface area contributed by atoms with Crippen molar-refractivity contribution in [1.82, 2.24) is 9.80 Å². The number of nitrogens with zero attached hydrogens (tertiary/aromatic N) is 2. The van der Waals surface area contributed by atoms with Crippen molar-refractivity contribution in [3.05, 3.63) is 57.0 Å². The van der Waals surface area contributed by atoms with Crippen LogP contribution in [0.3, 0.4) is 0 Å². The van der Waals surface area contributed by atoms with Crippen LogP contribution in [-0.4, -0.2) is 41.4 Å². The van der Waals surface area contributed by atoms with Gasteiger partial charge in [0.05, 0.1) is 0 Å². The zero-order chi connectivity index (χ0) is 17.4. The molecule has 2 aliphatic heterocycles. The number of likely N-dealkylation sites (tertiary alicyclic amines) is 1. The van der Waals surface area contributed by atoms with Crippen LogP contribution in [0.15, 0.2) is 29.6 Å². The van der Waals surface area contributed by atoms with E-state index in [0.29, 0.717) is 24.4 Å². The van der Waals surface area contributed by atoms with Crippen molar-refractivity contribution >= 4 is 17.2 Å². The van der Waals surface area contributed by atoms with Crippen molar-refractivity contribution in [2.75, 3.05) is 19.6 Å². The number of aryl methyl sites for hydroxylation is 2. The Kier molecular flexibility index (Phi) is 4.61. The Morgan fingerprint density at radius 2 is 2.16 bits per heavy atom. The molecular weight excluding hydrogens is 335 g/mol. The molecule has 0 saturated carbocycles. The molecule has 1 saturated heterocycles. The molecule has 1 amide bonds. The summed E-state index contributed by atoms with van der Waals surface area (Å²) in [6.07, 6.45) is 2.33. The average molecular weight is 358 g/mol. The number of benzene rings is 1. The SMILES string of the molecule is Cc1cc(CCC(=O)N2CC(N3CCc4sccc4C3)C2)ccc1F. The molecule has 2 aromatic rings. The van der Waals surface area contributed by atoms with Gasteiger partial charge in [-0.05, 0) is 54.0 Å². The largest absolute Gasteiger partial charge is 0.339 e. The fourth-order valence-corrected chi connectivity index (χ4v) is 4.63. The summed E-state index contributed by atoms with van der Waals surface area (Å²) < 4.78 is 13.3. The van der Waals surface area contributed by atoms with E-state index < -0.39 is 0 Å². The molecule has 4 rings (SSSR count). The van der Waals surface area contributed by atoms with Crippen LogP contribution in [0.4, 0.5) is 4.39 Å². The van der Waals surface area contributed by atoms with Gasteiger partial charge in [-0.3, -0.25) is 9.69 Å². The molecule has 25 heavy (non-hydrogen) atoms. The highest BCUT2D eigenvalue weighted by Crippen LogP contribution is 2.28. The molecule has 1 aromatic heterocycles. The Hall–Kier alpha value is -1.72. The minimum atomic E-state index is -0.184.